The van der Waals surface area contributed by atoms with Crippen molar-refractivity contribution in [2.24, 2.45) is 0 Å². The average molecular weight is 414 g/mol. The zero-order valence-electron chi connectivity index (χ0n) is 16.5. The van der Waals surface area contributed by atoms with E-state index in [1.165, 1.54) is 15.9 Å². The van der Waals surface area contributed by atoms with Gasteiger partial charge < -0.3 is 4.90 Å². The number of rotatable bonds is 6. The summed E-state index contributed by atoms with van der Waals surface area (Å²) in [6.45, 7) is 6.16. The van der Waals surface area contributed by atoms with Crippen LogP contribution in [0.2, 0.25) is 0 Å². The molecule has 154 valence electrons. The molecule has 29 heavy (non-hydrogen) atoms. The third kappa shape index (κ3) is 4.59. The summed E-state index contributed by atoms with van der Waals surface area (Å²) in [4.78, 5) is 17.3. The summed E-state index contributed by atoms with van der Waals surface area (Å²) < 4.78 is 26.9. The minimum absolute atomic E-state index is 0.0514. The molecule has 0 bridgehead atoms. The van der Waals surface area contributed by atoms with E-state index < -0.39 is 10.0 Å². The predicted octanol–water partition coefficient (Wildman–Crippen LogP) is 2.08. The van der Waals surface area contributed by atoms with Crippen LogP contribution in [-0.4, -0.2) is 74.1 Å². The van der Waals surface area contributed by atoms with E-state index in [1.807, 2.05) is 6.07 Å². The molecule has 0 amide bonds. The molecule has 1 fully saturated rings. The van der Waals surface area contributed by atoms with Crippen molar-refractivity contribution in [2.45, 2.75) is 17.9 Å². The molecular weight excluding hydrogens is 386 g/mol. The molecule has 0 atom stereocenters. The van der Waals surface area contributed by atoms with E-state index in [9.17, 15) is 13.2 Å². The molecule has 6 nitrogen and oxygen atoms in total. The van der Waals surface area contributed by atoms with Crippen molar-refractivity contribution < 1.29 is 13.2 Å². The fraction of sp³-hybridized carbons (Fsp3) is 0.409. The maximum atomic E-state index is 12.8. The third-order valence-corrected chi connectivity index (χ3v) is 7.62. The number of carbonyl (C=O) groups excluding carboxylic acids is 1. The Morgan fingerprint density at radius 1 is 0.793 bits per heavy atom. The standard InChI is InChI=1S/C22H27N3O3S/c26-21-18-25(29(27,28)22-10-5-4-9-20(21)22)12-6-11-23-13-15-24(16-14-23)17-19-7-2-1-3-8-19/h1-5,7-10H,6,11-18H2. The Bertz CT molecular complexity index is 954. The van der Waals surface area contributed by atoms with E-state index in [0.717, 1.165) is 45.7 Å². The number of sulfonamides is 1. The first-order valence-electron chi connectivity index (χ1n) is 10.1. The molecule has 0 spiro atoms. The first kappa shape index (κ1) is 20.2. The van der Waals surface area contributed by atoms with Gasteiger partial charge in [0, 0.05) is 44.8 Å². The molecule has 1 saturated heterocycles. The van der Waals surface area contributed by atoms with Gasteiger partial charge in [-0.2, -0.15) is 4.31 Å². The van der Waals surface area contributed by atoms with Crippen LogP contribution in [0.4, 0.5) is 0 Å². The van der Waals surface area contributed by atoms with Gasteiger partial charge in [0.1, 0.15) is 0 Å². The van der Waals surface area contributed by atoms with Gasteiger partial charge in [-0.05, 0) is 30.7 Å². The zero-order valence-corrected chi connectivity index (χ0v) is 17.4. The topological polar surface area (TPSA) is 60.9 Å². The molecule has 0 radical (unpaired) electrons. The van der Waals surface area contributed by atoms with Gasteiger partial charge in [-0.25, -0.2) is 8.42 Å². The molecule has 2 aromatic rings. The first-order chi connectivity index (χ1) is 14.0. The Morgan fingerprint density at radius 3 is 2.21 bits per heavy atom. The summed E-state index contributed by atoms with van der Waals surface area (Å²) in [5.74, 6) is -0.120. The molecular formula is C22H27N3O3S. The SMILES string of the molecule is O=C1CN(CCCN2CCN(Cc3ccccc3)CC2)S(=O)(=O)c2ccccc21. The van der Waals surface area contributed by atoms with E-state index in [1.54, 1.807) is 18.2 Å². The van der Waals surface area contributed by atoms with Crippen LogP contribution in [0.1, 0.15) is 22.3 Å². The molecule has 2 aliphatic heterocycles. The number of carbonyl (C=O) groups is 1. The highest BCUT2D eigenvalue weighted by atomic mass is 32.2. The number of benzene rings is 2. The summed E-state index contributed by atoms with van der Waals surface area (Å²) in [5, 5.41) is 0. The number of Topliss-reactive ketones (excluding diaryl/α,β-unsaturated/α-hetero) is 1. The molecule has 0 saturated carbocycles. The van der Waals surface area contributed by atoms with Crippen LogP contribution >= 0.6 is 0 Å². The van der Waals surface area contributed by atoms with Crippen molar-refractivity contribution in [1.82, 2.24) is 14.1 Å². The summed E-state index contributed by atoms with van der Waals surface area (Å²) >= 11 is 0. The number of hydrogen-bond acceptors (Lipinski definition) is 5. The van der Waals surface area contributed by atoms with E-state index in [-0.39, 0.29) is 17.2 Å². The van der Waals surface area contributed by atoms with Gasteiger partial charge in [0.15, 0.2) is 5.78 Å². The van der Waals surface area contributed by atoms with Gasteiger partial charge in [-0.15, -0.1) is 0 Å². The van der Waals surface area contributed by atoms with Crippen LogP contribution in [0, 0.1) is 0 Å². The molecule has 4 rings (SSSR count). The Hall–Kier alpha value is -2.06. The second-order valence-electron chi connectivity index (χ2n) is 7.71. The van der Waals surface area contributed by atoms with E-state index in [0.29, 0.717) is 12.1 Å². The lowest BCUT2D eigenvalue weighted by atomic mass is 10.1. The Morgan fingerprint density at radius 2 is 1.45 bits per heavy atom. The van der Waals surface area contributed by atoms with Gasteiger partial charge in [0.25, 0.3) is 0 Å². The minimum Gasteiger partial charge on any atom is -0.301 e. The summed E-state index contributed by atoms with van der Waals surface area (Å²) in [6, 6.07) is 17.0. The van der Waals surface area contributed by atoms with E-state index in [2.05, 4.69) is 34.1 Å². The van der Waals surface area contributed by atoms with Crippen LogP contribution in [0.15, 0.2) is 59.5 Å². The van der Waals surface area contributed by atoms with Crippen molar-refractivity contribution >= 4 is 15.8 Å². The van der Waals surface area contributed by atoms with Crippen LogP contribution in [-0.2, 0) is 16.6 Å². The van der Waals surface area contributed by atoms with Gasteiger partial charge in [0.2, 0.25) is 10.0 Å². The minimum atomic E-state index is -3.58. The summed E-state index contributed by atoms with van der Waals surface area (Å²) in [5.41, 5.74) is 1.65. The summed E-state index contributed by atoms with van der Waals surface area (Å²) in [6.07, 6.45) is 0.730. The highest BCUT2D eigenvalue weighted by Gasteiger charge is 2.35. The fourth-order valence-electron chi connectivity index (χ4n) is 4.07. The van der Waals surface area contributed by atoms with Gasteiger partial charge >= 0.3 is 0 Å². The third-order valence-electron chi connectivity index (χ3n) is 5.72. The summed E-state index contributed by atoms with van der Waals surface area (Å²) in [7, 11) is -3.58. The molecule has 2 aromatic carbocycles. The number of hydrogen-bond donors (Lipinski definition) is 0. The number of nitrogens with zero attached hydrogens (tertiary/aromatic N) is 3. The lowest BCUT2D eigenvalue weighted by Gasteiger charge is -2.35. The van der Waals surface area contributed by atoms with Crippen molar-refractivity contribution in [3.05, 3.63) is 65.7 Å². The van der Waals surface area contributed by atoms with E-state index in [4.69, 9.17) is 0 Å². The quantitative estimate of drug-likeness (QED) is 0.726. The Balaban J connectivity index is 1.26. The smallest absolute Gasteiger partial charge is 0.244 e. The van der Waals surface area contributed by atoms with Crippen molar-refractivity contribution in [2.75, 3.05) is 45.8 Å². The Labute approximate surface area is 172 Å². The predicted molar refractivity (Wildman–Crippen MR) is 112 cm³/mol. The van der Waals surface area contributed by atoms with Crippen molar-refractivity contribution in [3.63, 3.8) is 0 Å². The zero-order chi connectivity index (χ0) is 20.3. The van der Waals surface area contributed by atoms with Crippen LogP contribution < -0.4 is 0 Å². The molecule has 0 aromatic heterocycles. The maximum absolute atomic E-state index is 12.8. The van der Waals surface area contributed by atoms with Gasteiger partial charge in [0.05, 0.1) is 11.4 Å². The fourth-order valence-corrected chi connectivity index (χ4v) is 5.72. The highest BCUT2D eigenvalue weighted by Crippen LogP contribution is 2.26. The lowest BCUT2D eigenvalue weighted by molar-refractivity contribution is 0.0950. The average Bonchev–Trinajstić information content (AvgIpc) is 2.74. The molecule has 7 heteroatoms. The monoisotopic (exact) mass is 413 g/mol. The van der Waals surface area contributed by atoms with Crippen molar-refractivity contribution in [3.8, 4) is 0 Å². The largest absolute Gasteiger partial charge is 0.301 e. The number of piperazine rings is 1. The molecule has 2 aliphatic rings. The van der Waals surface area contributed by atoms with Crippen LogP contribution in [0.5, 0.6) is 0 Å². The molecule has 0 aliphatic carbocycles. The molecule has 0 unspecified atom stereocenters. The second kappa shape index (κ2) is 8.75. The second-order valence-corrected chi connectivity index (χ2v) is 9.62. The molecule has 2 heterocycles. The number of ketones is 1. The Kier molecular flexibility index (Phi) is 6.10. The van der Waals surface area contributed by atoms with Gasteiger partial charge in [-0.3, -0.25) is 9.69 Å². The maximum Gasteiger partial charge on any atom is 0.244 e. The lowest BCUT2D eigenvalue weighted by Crippen LogP contribution is -2.47. The van der Waals surface area contributed by atoms with Crippen LogP contribution in [0.25, 0.3) is 0 Å². The van der Waals surface area contributed by atoms with E-state index >= 15 is 0 Å². The van der Waals surface area contributed by atoms with Crippen molar-refractivity contribution in [1.29, 1.82) is 0 Å². The molecule has 0 N–H and O–H groups in total. The van der Waals surface area contributed by atoms with Crippen LogP contribution in [0.3, 0.4) is 0 Å². The highest BCUT2D eigenvalue weighted by molar-refractivity contribution is 7.89. The van der Waals surface area contributed by atoms with Gasteiger partial charge in [-0.1, -0.05) is 42.5 Å². The normalized spacial score (nSPS) is 20.5. The number of fused-ring (bicyclic) bond motifs is 1. The first-order valence-corrected chi connectivity index (χ1v) is 11.6.